The van der Waals surface area contributed by atoms with Gasteiger partial charge in [-0.05, 0) is 42.3 Å². The van der Waals surface area contributed by atoms with Crippen molar-refractivity contribution >= 4 is 32.8 Å². The Labute approximate surface area is 192 Å². The Bertz CT molecular complexity index is 1220. The molecular formula is C24H22BrFN2O4. The van der Waals surface area contributed by atoms with Crippen LogP contribution in [0.1, 0.15) is 34.1 Å². The number of rotatable bonds is 5. The maximum Gasteiger partial charge on any atom is 0.290 e. The van der Waals surface area contributed by atoms with Gasteiger partial charge in [0.2, 0.25) is 5.76 Å². The Morgan fingerprint density at radius 3 is 2.53 bits per heavy atom. The van der Waals surface area contributed by atoms with Crippen molar-refractivity contribution in [3.8, 4) is 0 Å². The minimum atomic E-state index is -0.609. The highest BCUT2D eigenvalue weighted by Gasteiger charge is 2.42. The summed E-state index contributed by atoms with van der Waals surface area (Å²) < 4.78 is 25.7. The van der Waals surface area contributed by atoms with Crippen LogP contribution in [0.5, 0.6) is 0 Å². The molecule has 0 radical (unpaired) electrons. The number of fused-ring (bicyclic) bond motifs is 2. The van der Waals surface area contributed by atoms with E-state index in [1.165, 1.54) is 12.1 Å². The molecule has 2 aliphatic rings. The molecule has 32 heavy (non-hydrogen) atoms. The van der Waals surface area contributed by atoms with Crippen LogP contribution in [0, 0.1) is 5.82 Å². The van der Waals surface area contributed by atoms with Gasteiger partial charge in [-0.15, -0.1) is 0 Å². The van der Waals surface area contributed by atoms with Gasteiger partial charge in [0.1, 0.15) is 11.4 Å². The molecule has 1 amide bonds. The molecule has 8 heteroatoms. The van der Waals surface area contributed by atoms with Crippen LogP contribution in [0.2, 0.25) is 0 Å². The first-order valence-electron chi connectivity index (χ1n) is 10.7. The lowest BCUT2D eigenvalue weighted by atomic mass is 9.98. The molecule has 0 aliphatic carbocycles. The van der Waals surface area contributed by atoms with Crippen molar-refractivity contribution in [1.82, 2.24) is 9.80 Å². The van der Waals surface area contributed by atoms with Gasteiger partial charge in [0.15, 0.2) is 5.43 Å². The zero-order valence-electron chi connectivity index (χ0n) is 17.4. The highest BCUT2D eigenvalue weighted by Crippen LogP contribution is 2.38. The van der Waals surface area contributed by atoms with E-state index in [4.69, 9.17) is 9.15 Å². The summed E-state index contributed by atoms with van der Waals surface area (Å²) in [6.45, 7) is 4.46. The van der Waals surface area contributed by atoms with Crippen LogP contribution >= 0.6 is 15.9 Å². The van der Waals surface area contributed by atoms with E-state index in [0.717, 1.165) is 30.5 Å². The highest BCUT2D eigenvalue weighted by atomic mass is 79.9. The molecule has 1 aromatic heterocycles. The average Bonchev–Trinajstić information content (AvgIpc) is 3.08. The van der Waals surface area contributed by atoms with E-state index in [1.807, 2.05) is 0 Å². The molecule has 0 N–H and O–H groups in total. The quantitative estimate of drug-likeness (QED) is 0.530. The lowest BCUT2D eigenvalue weighted by molar-refractivity contribution is 0.0353. The number of halogens is 2. The molecular weight excluding hydrogens is 479 g/mol. The first kappa shape index (κ1) is 21.3. The van der Waals surface area contributed by atoms with Crippen LogP contribution in [-0.2, 0) is 4.74 Å². The van der Waals surface area contributed by atoms with Crippen molar-refractivity contribution in [3.05, 3.63) is 79.9 Å². The van der Waals surface area contributed by atoms with E-state index in [9.17, 15) is 14.0 Å². The molecule has 0 bridgehead atoms. The van der Waals surface area contributed by atoms with E-state index in [-0.39, 0.29) is 22.9 Å². The van der Waals surface area contributed by atoms with Gasteiger partial charge in [0.05, 0.1) is 30.2 Å². The maximum atomic E-state index is 13.6. The second-order valence-electron chi connectivity index (χ2n) is 8.07. The van der Waals surface area contributed by atoms with Crippen LogP contribution in [0.3, 0.4) is 0 Å². The average molecular weight is 501 g/mol. The van der Waals surface area contributed by atoms with Gasteiger partial charge in [-0.3, -0.25) is 14.5 Å². The molecule has 166 valence electrons. The van der Waals surface area contributed by atoms with Crippen LogP contribution in [-0.4, -0.2) is 55.1 Å². The lowest BCUT2D eigenvalue weighted by Crippen LogP contribution is -2.38. The standard InChI is InChI=1S/C24H22BrFN2O4/c25-16-4-7-19-18(14-16)22(29)20-21(15-2-5-17(26)6-3-15)28(24(30)23(20)32-19)9-1-8-27-10-12-31-13-11-27/h2-7,14,21H,1,8-13H2. The smallest absolute Gasteiger partial charge is 0.290 e. The molecule has 1 saturated heterocycles. The number of amides is 1. The molecule has 0 saturated carbocycles. The number of morpholine rings is 1. The van der Waals surface area contributed by atoms with E-state index in [2.05, 4.69) is 20.8 Å². The Morgan fingerprint density at radius 1 is 1.03 bits per heavy atom. The number of nitrogens with zero attached hydrogens (tertiary/aromatic N) is 2. The largest absolute Gasteiger partial charge is 0.450 e. The molecule has 0 spiro atoms. The van der Waals surface area contributed by atoms with Gasteiger partial charge < -0.3 is 14.1 Å². The van der Waals surface area contributed by atoms with Crippen LogP contribution in [0.25, 0.3) is 11.0 Å². The fraction of sp³-hybridized carbons (Fsp3) is 0.333. The molecule has 2 aliphatic heterocycles. The molecule has 1 atom stereocenters. The Morgan fingerprint density at radius 2 is 1.78 bits per heavy atom. The molecule has 3 heterocycles. The van der Waals surface area contributed by atoms with Crippen LogP contribution < -0.4 is 5.43 Å². The van der Waals surface area contributed by atoms with Gasteiger partial charge in [-0.25, -0.2) is 4.39 Å². The first-order valence-corrected chi connectivity index (χ1v) is 11.4. The predicted molar refractivity (Wildman–Crippen MR) is 121 cm³/mol. The highest BCUT2D eigenvalue weighted by molar-refractivity contribution is 9.10. The van der Waals surface area contributed by atoms with Gasteiger partial charge in [0, 0.05) is 30.7 Å². The van der Waals surface area contributed by atoms with Crippen LogP contribution in [0.4, 0.5) is 4.39 Å². The first-order chi connectivity index (χ1) is 15.5. The van der Waals surface area contributed by atoms with E-state index < -0.39 is 6.04 Å². The third-order valence-electron chi connectivity index (χ3n) is 6.09. The summed E-state index contributed by atoms with van der Waals surface area (Å²) in [5.41, 5.74) is 1.14. The Kier molecular flexibility index (Phi) is 5.84. The number of hydrogen-bond acceptors (Lipinski definition) is 5. The zero-order chi connectivity index (χ0) is 22.2. The van der Waals surface area contributed by atoms with Crippen molar-refractivity contribution in [2.24, 2.45) is 0 Å². The summed E-state index contributed by atoms with van der Waals surface area (Å²) in [5, 5.41) is 0.410. The molecule has 5 rings (SSSR count). The van der Waals surface area contributed by atoms with E-state index >= 15 is 0 Å². The number of carbonyl (C=O) groups excluding carboxylic acids is 1. The third-order valence-corrected chi connectivity index (χ3v) is 6.58. The van der Waals surface area contributed by atoms with E-state index in [0.29, 0.717) is 41.9 Å². The number of hydrogen-bond donors (Lipinski definition) is 0. The Balaban J connectivity index is 1.53. The van der Waals surface area contributed by atoms with E-state index in [1.54, 1.807) is 35.2 Å². The maximum absolute atomic E-state index is 13.6. The predicted octanol–water partition coefficient (Wildman–Crippen LogP) is 3.96. The Hall–Kier alpha value is -2.55. The minimum Gasteiger partial charge on any atom is -0.450 e. The minimum absolute atomic E-state index is 0.0746. The molecule has 1 unspecified atom stereocenters. The second kappa shape index (κ2) is 8.77. The molecule has 6 nitrogen and oxygen atoms in total. The molecule has 3 aromatic rings. The summed E-state index contributed by atoms with van der Waals surface area (Å²) in [6, 6.07) is 10.5. The summed E-state index contributed by atoms with van der Waals surface area (Å²) >= 11 is 3.40. The monoisotopic (exact) mass is 500 g/mol. The topological polar surface area (TPSA) is 63.0 Å². The number of benzene rings is 2. The second-order valence-corrected chi connectivity index (χ2v) is 8.99. The van der Waals surface area contributed by atoms with Crippen LogP contribution in [0.15, 0.2) is 56.1 Å². The summed E-state index contributed by atoms with van der Waals surface area (Å²) in [6.07, 6.45) is 0.747. The lowest BCUT2D eigenvalue weighted by Gasteiger charge is -2.29. The van der Waals surface area contributed by atoms with Gasteiger partial charge >= 0.3 is 0 Å². The van der Waals surface area contributed by atoms with Crippen molar-refractivity contribution in [1.29, 1.82) is 0 Å². The molecule has 1 fully saturated rings. The summed E-state index contributed by atoms with van der Waals surface area (Å²) in [7, 11) is 0. The number of carbonyl (C=O) groups is 1. The fourth-order valence-electron chi connectivity index (χ4n) is 4.50. The summed E-state index contributed by atoms with van der Waals surface area (Å²) in [5.74, 6) is -0.601. The third kappa shape index (κ3) is 3.87. The van der Waals surface area contributed by atoms with Gasteiger partial charge in [-0.1, -0.05) is 28.1 Å². The fourth-order valence-corrected chi connectivity index (χ4v) is 4.87. The van der Waals surface area contributed by atoms with Crippen molar-refractivity contribution in [3.63, 3.8) is 0 Å². The summed E-state index contributed by atoms with van der Waals surface area (Å²) in [4.78, 5) is 30.8. The van der Waals surface area contributed by atoms with Crippen molar-refractivity contribution in [2.45, 2.75) is 12.5 Å². The molecule has 2 aromatic carbocycles. The normalized spacial score (nSPS) is 19.0. The van der Waals surface area contributed by atoms with Gasteiger partial charge in [0.25, 0.3) is 5.91 Å². The number of ether oxygens (including phenoxy) is 1. The van der Waals surface area contributed by atoms with Crippen molar-refractivity contribution in [2.75, 3.05) is 39.4 Å². The SMILES string of the molecule is O=C1c2oc3ccc(Br)cc3c(=O)c2C(c2ccc(F)cc2)N1CCCN1CCOCC1. The van der Waals surface area contributed by atoms with Gasteiger partial charge in [-0.2, -0.15) is 0 Å². The zero-order valence-corrected chi connectivity index (χ0v) is 18.9. The van der Waals surface area contributed by atoms with Crippen molar-refractivity contribution < 1.29 is 18.3 Å².